The van der Waals surface area contributed by atoms with Crippen molar-refractivity contribution in [2.45, 2.75) is 6.42 Å². The minimum atomic E-state index is -0.337. The van der Waals surface area contributed by atoms with Gasteiger partial charge in [0.15, 0.2) is 0 Å². The van der Waals surface area contributed by atoms with Crippen LogP contribution in [0.15, 0.2) is 24.3 Å². The third-order valence-electron chi connectivity index (χ3n) is 2.44. The summed E-state index contributed by atoms with van der Waals surface area (Å²) in [6.07, 6.45) is 8.01. The number of carbonyl (C=O) groups excluding carboxylic acids is 2. The van der Waals surface area contributed by atoms with Gasteiger partial charge in [-0.25, -0.2) is 0 Å². The van der Waals surface area contributed by atoms with E-state index in [1.54, 1.807) is 18.2 Å². The summed E-state index contributed by atoms with van der Waals surface area (Å²) in [6.45, 7) is 0.396. The lowest BCUT2D eigenvalue weighted by atomic mass is 10.2. The highest BCUT2D eigenvalue weighted by Gasteiger charge is 2.03. The van der Waals surface area contributed by atoms with Gasteiger partial charge in [0.05, 0.1) is 6.54 Å². The summed E-state index contributed by atoms with van der Waals surface area (Å²) in [5, 5.41) is 5.99. The highest BCUT2D eigenvalue weighted by molar-refractivity contribution is 6.37. The van der Waals surface area contributed by atoms with Gasteiger partial charge < -0.3 is 10.6 Å². The van der Waals surface area contributed by atoms with Crippen molar-refractivity contribution in [3.63, 3.8) is 0 Å². The molecule has 1 aromatic carbocycles. The van der Waals surface area contributed by atoms with E-state index in [4.69, 9.17) is 29.6 Å². The first-order valence-corrected chi connectivity index (χ1v) is 6.90. The second kappa shape index (κ2) is 9.06. The van der Waals surface area contributed by atoms with Crippen molar-refractivity contribution in [1.29, 1.82) is 0 Å². The maximum atomic E-state index is 11.6. The zero-order valence-corrected chi connectivity index (χ0v) is 12.7. The quantitative estimate of drug-likeness (QED) is 0.623. The fraction of sp³-hybridized carbons (Fsp3) is 0.200. The van der Waals surface area contributed by atoms with Gasteiger partial charge in [-0.2, -0.15) is 0 Å². The van der Waals surface area contributed by atoms with Gasteiger partial charge in [0.2, 0.25) is 11.8 Å². The van der Waals surface area contributed by atoms with E-state index < -0.39 is 0 Å². The van der Waals surface area contributed by atoms with Crippen LogP contribution in [0.25, 0.3) is 6.08 Å². The summed E-state index contributed by atoms with van der Waals surface area (Å²) in [5.74, 6) is 1.74. The molecule has 6 heteroatoms. The third kappa shape index (κ3) is 6.35. The van der Waals surface area contributed by atoms with Crippen molar-refractivity contribution in [2.75, 3.05) is 13.1 Å². The maximum absolute atomic E-state index is 11.6. The number of terminal acetylenes is 1. The molecule has 0 saturated carbocycles. The minimum Gasteiger partial charge on any atom is -0.352 e. The molecule has 110 valence electrons. The summed E-state index contributed by atoms with van der Waals surface area (Å²) in [5.41, 5.74) is 0.572. The zero-order chi connectivity index (χ0) is 15.7. The largest absolute Gasteiger partial charge is 0.352 e. The average Bonchev–Trinajstić information content (AvgIpc) is 2.44. The molecule has 0 atom stereocenters. The van der Waals surface area contributed by atoms with Crippen LogP contribution in [0.5, 0.6) is 0 Å². The lowest BCUT2D eigenvalue weighted by Crippen LogP contribution is -2.30. The molecule has 4 nitrogen and oxygen atoms in total. The van der Waals surface area contributed by atoms with Crippen molar-refractivity contribution in [2.24, 2.45) is 0 Å². The third-order valence-corrected chi connectivity index (χ3v) is 3.10. The van der Waals surface area contributed by atoms with Gasteiger partial charge in [-0.15, -0.1) is 6.42 Å². The number of halogens is 2. The van der Waals surface area contributed by atoms with E-state index in [0.29, 0.717) is 15.6 Å². The molecule has 0 aromatic heterocycles. The van der Waals surface area contributed by atoms with Crippen LogP contribution in [0, 0.1) is 12.3 Å². The van der Waals surface area contributed by atoms with Crippen LogP contribution in [0.2, 0.25) is 10.0 Å². The molecule has 1 rings (SSSR count). The van der Waals surface area contributed by atoms with E-state index >= 15 is 0 Å². The van der Waals surface area contributed by atoms with Gasteiger partial charge in [-0.1, -0.05) is 35.2 Å². The minimum absolute atomic E-state index is 0.161. The van der Waals surface area contributed by atoms with Crippen molar-refractivity contribution in [3.8, 4) is 12.3 Å². The van der Waals surface area contributed by atoms with Crippen LogP contribution in [-0.2, 0) is 9.59 Å². The van der Waals surface area contributed by atoms with Crippen LogP contribution in [0.3, 0.4) is 0 Å². The Kier molecular flexibility index (Phi) is 7.38. The lowest BCUT2D eigenvalue weighted by Gasteiger charge is -2.03. The number of hydrogen-bond donors (Lipinski definition) is 2. The Morgan fingerprint density at radius 3 is 2.52 bits per heavy atom. The first-order valence-electron chi connectivity index (χ1n) is 6.14. The van der Waals surface area contributed by atoms with Crippen LogP contribution < -0.4 is 10.6 Å². The van der Waals surface area contributed by atoms with Gasteiger partial charge in [0, 0.05) is 34.7 Å². The Labute approximate surface area is 133 Å². The molecular formula is C15H14Cl2N2O2. The Bertz CT molecular complexity index is 572. The van der Waals surface area contributed by atoms with Gasteiger partial charge >= 0.3 is 0 Å². The summed E-state index contributed by atoms with van der Waals surface area (Å²) < 4.78 is 0. The van der Waals surface area contributed by atoms with Crippen LogP contribution in [0.4, 0.5) is 0 Å². The summed E-state index contributed by atoms with van der Waals surface area (Å²) in [7, 11) is 0. The summed E-state index contributed by atoms with van der Waals surface area (Å²) in [4.78, 5) is 22.8. The zero-order valence-electron chi connectivity index (χ0n) is 11.2. The van der Waals surface area contributed by atoms with Crippen molar-refractivity contribution in [1.82, 2.24) is 10.6 Å². The molecule has 0 aliphatic carbocycles. The first-order chi connectivity index (χ1) is 10.0. The fourth-order valence-corrected chi connectivity index (χ4v) is 1.95. The van der Waals surface area contributed by atoms with Crippen LogP contribution >= 0.6 is 23.2 Å². The predicted octanol–water partition coefficient (Wildman–Crippen LogP) is 2.26. The second-order valence-corrected chi connectivity index (χ2v) is 4.80. The van der Waals surface area contributed by atoms with E-state index in [0.717, 1.165) is 0 Å². The first kappa shape index (κ1) is 17.1. The van der Waals surface area contributed by atoms with E-state index in [-0.39, 0.29) is 31.3 Å². The Hall–Kier alpha value is -1.96. The fourth-order valence-electron chi connectivity index (χ4n) is 1.43. The van der Waals surface area contributed by atoms with Gasteiger partial charge in [0.25, 0.3) is 0 Å². The maximum Gasteiger partial charge on any atom is 0.244 e. The molecule has 0 saturated heterocycles. The van der Waals surface area contributed by atoms with E-state index in [2.05, 4.69) is 16.6 Å². The SMILES string of the molecule is C#CCNC(=O)CCNC(=O)/C=C/c1c(Cl)cccc1Cl. The highest BCUT2D eigenvalue weighted by atomic mass is 35.5. The normalized spacial score (nSPS) is 10.1. The van der Waals surface area contributed by atoms with Crippen LogP contribution in [0.1, 0.15) is 12.0 Å². The number of rotatable bonds is 6. The highest BCUT2D eigenvalue weighted by Crippen LogP contribution is 2.25. The molecule has 0 aliphatic rings. The molecule has 0 radical (unpaired) electrons. The van der Waals surface area contributed by atoms with Crippen molar-refractivity contribution >= 4 is 41.1 Å². The molecule has 2 amide bonds. The molecule has 1 aromatic rings. The summed E-state index contributed by atoms with van der Waals surface area (Å²) in [6, 6.07) is 5.08. The number of amides is 2. The number of benzene rings is 1. The second-order valence-electron chi connectivity index (χ2n) is 3.99. The van der Waals surface area contributed by atoms with Crippen molar-refractivity contribution in [3.05, 3.63) is 39.9 Å². The molecule has 0 unspecified atom stereocenters. The Morgan fingerprint density at radius 1 is 1.24 bits per heavy atom. The molecule has 0 aliphatic heterocycles. The number of hydrogen-bond acceptors (Lipinski definition) is 2. The van der Waals surface area contributed by atoms with Crippen LogP contribution in [-0.4, -0.2) is 24.9 Å². The summed E-state index contributed by atoms with van der Waals surface area (Å²) >= 11 is 11.9. The standard InChI is InChI=1S/C15H14Cl2N2O2/c1-2-9-18-15(21)8-10-19-14(20)7-6-11-12(16)4-3-5-13(11)17/h1,3-7H,8-10H2,(H,18,21)(H,19,20)/b7-6+. The lowest BCUT2D eigenvalue weighted by molar-refractivity contribution is -0.121. The molecule has 0 spiro atoms. The topological polar surface area (TPSA) is 58.2 Å². The van der Waals surface area contributed by atoms with Gasteiger partial charge in [-0.3, -0.25) is 9.59 Å². The smallest absolute Gasteiger partial charge is 0.244 e. The van der Waals surface area contributed by atoms with Gasteiger partial charge in [-0.05, 0) is 18.2 Å². The Morgan fingerprint density at radius 2 is 1.90 bits per heavy atom. The predicted molar refractivity (Wildman–Crippen MR) is 85.0 cm³/mol. The monoisotopic (exact) mass is 324 g/mol. The Balaban J connectivity index is 2.42. The van der Waals surface area contributed by atoms with E-state index in [1.165, 1.54) is 12.2 Å². The molecule has 2 N–H and O–H groups in total. The molecular weight excluding hydrogens is 311 g/mol. The molecule has 21 heavy (non-hydrogen) atoms. The van der Waals surface area contributed by atoms with Gasteiger partial charge in [0.1, 0.15) is 0 Å². The average molecular weight is 325 g/mol. The molecule has 0 bridgehead atoms. The molecule has 0 heterocycles. The molecule has 0 fully saturated rings. The van der Waals surface area contributed by atoms with E-state index in [1.807, 2.05) is 0 Å². The van der Waals surface area contributed by atoms with Crippen molar-refractivity contribution < 1.29 is 9.59 Å². The number of nitrogens with one attached hydrogen (secondary N) is 2. The number of carbonyl (C=O) groups is 2. The van der Waals surface area contributed by atoms with E-state index in [9.17, 15) is 9.59 Å².